The van der Waals surface area contributed by atoms with Gasteiger partial charge in [0.15, 0.2) is 0 Å². The van der Waals surface area contributed by atoms with Crippen molar-refractivity contribution in [2.75, 3.05) is 5.32 Å². The van der Waals surface area contributed by atoms with Gasteiger partial charge in [-0.05, 0) is 49.2 Å². The average molecular weight is 264 g/mol. The van der Waals surface area contributed by atoms with Gasteiger partial charge in [0.05, 0.1) is 0 Å². The van der Waals surface area contributed by atoms with E-state index in [-0.39, 0.29) is 11.9 Å². The summed E-state index contributed by atoms with van der Waals surface area (Å²) in [5.41, 5.74) is 2.11. The van der Waals surface area contributed by atoms with Crippen LogP contribution in [0, 0.1) is 5.82 Å². The van der Waals surface area contributed by atoms with Gasteiger partial charge in [-0.1, -0.05) is 29.8 Å². The summed E-state index contributed by atoms with van der Waals surface area (Å²) in [5.74, 6) is -0.200. The summed E-state index contributed by atoms with van der Waals surface area (Å²) in [4.78, 5) is 0. The maximum atomic E-state index is 12.8. The molecule has 3 heteroatoms. The van der Waals surface area contributed by atoms with Gasteiger partial charge in [-0.3, -0.25) is 0 Å². The molecule has 0 saturated carbocycles. The lowest BCUT2D eigenvalue weighted by atomic mass is 10.1. The quantitative estimate of drug-likeness (QED) is 0.855. The Balaban J connectivity index is 1.96. The fourth-order valence-electron chi connectivity index (χ4n) is 1.89. The SMILES string of the molecule is CC(Cc1ccc(F)cc1)Nc1cccc(Cl)c1. The van der Waals surface area contributed by atoms with Gasteiger partial charge in [-0.25, -0.2) is 4.39 Å². The molecule has 1 nitrogen and oxygen atoms in total. The summed E-state index contributed by atoms with van der Waals surface area (Å²) in [7, 11) is 0. The summed E-state index contributed by atoms with van der Waals surface area (Å²) >= 11 is 5.92. The first kappa shape index (κ1) is 12.9. The summed E-state index contributed by atoms with van der Waals surface area (Å²) < 4.78 is 12.8. The van der Waals surface area contributed by atoms with Crippen molar-refractivity contribution in [2.45, 2.75) is 19.4 Å². The standard InChI is InChI=1S/C15H15ClFN/c1-11(9-12-5-7-14(17)8-6-12)18-15-4-2-3-13(16)10-15/h2-8,10-11,18H,9H2,1H3. The van der Waals surface area contributed by atoms with Crippen molar-refractivity contribution in [2.24, 2.45) is 0 Å². The van der Waals surface area contributed by atoms with Crippen molar-refractivity contribution in [1.82, 2.24) is 0 Å². The van der Waals surface area contributed by atoms with Crippen LogP contribution in [-0.4, -0.2) is 6.04 Å². The monoisotopic (exact) mass is 263 g/mol. The molecule has 0 amide bonds. The Hall–Kier alpha value is -1.54. The van der Waals surface area contributed by atoms with E-state index in [9.17, 15) is 4.39 Å². The lowest BCUT2D eigenvalue weighted by Gasteiger charge is -2.15. The van der Waals surface area contributed by atoms with Crippen LogP contribution >= 0.6 is 11.6 Å². The van der Waals surface area contributed by atoms with Crippen molar-refractivity contribution >= 4 is 17.3 Å². The van der Waals surface area contributed by atoms with Crippen molar-refractivity contribution in [3.05, 3.63) is 64.9 Å². The van der Waals surface area contributed by atoms with Gasteiger partial charge >= 0.3 is 0 Å². The molecule has 0 aliphatic heterocycles. The second-order valence-corrected chi connectivity index (χ2v) is 4.82. The number of benzene rings is 2. The fraction of sp³-hybridized carbons (Fsp3) is 0.200. The molecule has 0 bridgehead atoms. The Morgan fingerprint density at radius 2 is 1.89 bits per heavy atom. The number of hydrogen-bond acceptors (Lipinski definition) is 1. The normalized spacial score (nSPS) is 12.2. The van der Waals surface area contributed by atoms with Crippen LogP contribution in [-0.2, 0) is 6.42 Å². The summed E-state index contributed by atoms with van der Waals surface area (Å²) in [5, 5.41) is 4.08. The summed E-state index contributed by atoms with van der Waals surface area (Å²) in [6.07, 6.45) is 0.840. The minimum absolute atomic E-state index is 0.200. The molecule has 2 aromatic rings. The minimum Gasteiger partial charge on any atom is -0.382 e. The van der Waals surface area contributed by atoms with E-state index in [0.717, 1.165) is 17.7 Å². The number of nitrogens with one attached hydrogen (secondary N) is 1. The van der Waals surface area contributed by atoms with E-state index in [0.29, 0.717) is 5.02 Å². The van der Waals surface area contributed by atoms with Crippen LogP contribution in [0.5, 0.6) is 0 Å². The Morgan fingerprint density at radius 3 is 2.56 bits per heavy atom. The van der Waals surface area contributed by atoms with E-state index < -0.39 is 0 Å². The highest BCUT2D eigenvalue weighted by atomic mass is 35.5. The number of rotatable bonds is 4. The molecule has 0 fully saturated rings. The highest BCUT2D eigenvalue weighted by Crippen LogP contribution is 2.16. The smallest absolute Gasteiger partial charge is 0.123 e. The lowest BCUT2D eigenvalue weighted by Crippen LogP contribution is -2.17. The summed E-state index contributed by atoms with van der Waals surface area (Å²) in [6, 6.07) is 14.5. The molecule has 0 heterocycles. The third kappa shape index (κ3) is 3.74. The van der Waals surface area contributed by atoms with Gasteiger partial charge in [0.1, 0.15) is 5.82 Å². The highest BCUT2D eigenvalue weighted by Gasteiger charge is 2.04. The Kier molecular flexibility index (Phi) is 4.21. The van der Waals surface area contributed by atoms with Crippen molar-refractivity contribution in [3.63, 3.8) is 0 Å². The predicted molar refractivity (Wildman–Crippen MR) is 74.6 cm³/mol. The van der Waals surface area contributed by atoms with Crippen LogP contribution < -0.4 is 5.32 Å². The molecule has 2 aromatic carbocycles. The largest absolute Gasteiger partial charge is 0.382 e. The van der Waals surface area contributed by atoms with Crippen LogP contribution in [0.3, 0.4) is 0 Å². The molecule has 0 aromatic heterocycles. The maximum Gasteiger partial charge on any atom is 0.123 e. The predicted octanol–water partition coefficient (Wildman–Crippen LogP) is 4.52. The van der Waals surface area contributed by atoms with Crippen molar-refractivity contribution < 1.29 is 4.39 Å². The molecule has 0 radical (unpaired) electrons. The zero-order valence-corrected chi connectivity index (χ0v) is 10.9. The van der Waals surface area contributed by atoms with Crippen LogP contribution in [0.25, 0.3) is 0 Å². The summed E-state index contributed by atoms with van der Waals surface area (Å²) in [6.45, 7) is 2.09. The van der Waals surface area contributed by atoms with E-state index in [4.69, 9.17) is 11.6 Å². The topological polar surface area (TPSA) is 12.0 Å². The third-order valence-corrected chi connectivity index (χ3v) is 2.93. The first-order valence-electron chi connectivity index (χ1n) is 5.90. The Bertz CT molecular complexity index is 510. The molecule has 0 aliphatic rings. The van der Waals surface area contributed by atoms with Crippen LogP contribution in [0.2, 0.25) is 5.02 Å². The molecule has 1 unspecified atom stereocenters. The zero-order chi connectivity index (χ0) is 13.0. The Morgan fingerprint density at radius 1 is 1.17 bits per heavy atom. The third-order valence-electron chi connectivity index (χ3n) is 2.69. The Labute approximate surface area is 112 Å². The zero-order valence-electron chi connectivity index (χ0n) is 10.2. The van der Waals surface area contributed by atoms with Gasteiger partial charge < -0.3 is 5.32 Å². The first-order chi connectivity index (χ1) is 8.63. The fourth-order valence-corrected chi connectivity index (χ4v) is 2.08. The second-order valence-electron chi connectivity index (χ2n) is 4.39. The molecule has 1 atom stereocenters. The molecule has 0 spiro atoms. The van der Waals surface area contributed by atoms with Crippen LogP contribution in [0.4, 0.5) is 10.1 Å². The first-order valence-corrected chi connectivity index (χ1v) is 6.28. The lowest BCUT2D eigenvalue weighted by molar-refractivity contribution is 0.626. The van der Waals surface area contributed by atoms with Crippen LogP contribution in [0.1, 0.15) is 12.5 Å². The number of anilines is 1. The van der Waals surface area contributed by atoms with E-state index >= 15 is 0 Å². The van der Waals surface area contributed by atoms with Gasteiger partial charge in [0, 0.05) is 16.8 Å². The molecule has 94 valence electrons. The molecular weight excluding hydrogens is 249 g/mol. The van der Waals surface area contributed by atoms with E-state index in [1.165, 1.54) is 12.1 Å². The van der Waals surface area contributed by atoms with Crippen molar-refractivity contribution in [3.8, 4) is 0 Å². The minimum atomic E-state index is -0.200. The average Bonchev–Trinajstić information content (AvgIpc) is 2.32. The van der Waals surface area contributed by atoms with Crippen molar-refractivity contribution in [1.29, 1.82) is 0 Å². The second kappa shape index (κ2) is 5.87. The van der Waals surface area contributed by atoms with Gasteiger partial charge in [-0.15, -0.1) is 0 Å². The molecule has 1 N–H and O–H groups in total. The molecule has 2 rings (SSSR count). The number of hydrogen-bond donors (Lipinski definition) is 1. The van der Waals surface area contributed by atoms with Gasteiger partial charge in [0.2, 0.25) is 0 Å². The molecule has 0 saturated heterocycles. The van der Waals surface area contributed by atoms with E-state index in [1.807, 2.05) is 36.4 Å². The van der Waals surface area contributed by atoms with E-state index in [1.54, 1.807) is 0 Å². The van der Waals surface area contributed by atoms with E-state index in [2.05, 4.69) is 12.2 Å². The maximum absolute atomic E-state index is 12.8. The molecule has 0 aliphatic carbocycles. The molecular formula is C15H15ClFN. The van der Waals surface area contributed by atoms with Crippen LogP contribution in [0.15, 0.2) is 48.5 Å². The van der Waals surface area contributed by atoms with Gasteiger partial charge in [-0.2, -0.15) is 0 Å². The number of halogens is 2. The highest BCUT2D eigenvalue weighted by molar-refractivity contribution is 6.30. The van der Waals surface area contributed by atoms with Gasteiger partial charge in [0.25, 0.3) is 0 Å². The molecule has 18 heavy (non-hydrogen) atoms.